The fourth-order valence-corrected chi connectivity index (χ4v) is 4.62. The number of fused-ring (bicyclic) bond motifs is 1. The molecule has 1 atom stereocenters. The standard InChI is InChI=1S/C28H38FN3O6Si.Li.H/c1-18-16-32(17-36-12-13-39(5,6)7)25-24(18)23(10-11-30-25)37-22-9-8-19(14-20(22)29)15-21(26(33)34)31-27(35)38-28(2,3)4;;/h8-11,14,16,21H,12-13,15,17H2,1-7H3,(H,31,35)(H,33,34);;/q;+1;-1/t21-;;/m0../s1. The van der Waals surface area contributed by atoms with Gasteiger partial charge in [-0.3, -0.25) is 0 Å². The summed E-state index contributed by atoms with van der Waals surface area (Å²) in [6, 6.07) is 5.64. The molecule has 2 heterocycles. The maximum Gasteiger partial charge on any atom is 1.00 e. The fourth-order valence-electron chi connectivity index (χ4n) is 3.86. The summed E-state index contributed by atoms with van der Waals surface area (Å²) in [5, 5.41) is 12.6. The van der Waals surface area contributed by atoms with Crippen molar-refractivity contribution in [3.8, 4) is 11.5 Å². The van der Waals surface area contributed by atoms with E-state index in [1.165, 1.54) is 12.1 Å². The number of nitrogens with one attached hydrogen (secondary N) is 1. The van der Waals surface area contributed by atoms with E-state index in [1.807, 2.05) is 17.7 Å². The minimum atomic E-state index is -1.29. The predicted octanol–water partition coefficient (Wildman–Crippen LogP) is 3.23. The number of ether oxygens (including phenoxy) is 3. The second kappa shape index (κ2) is 13.7. The van der Waals surface area contributed by atoms with Crippen molar-refractivity contribution in [2.45, 2.75) is 78.2 Å². The van der Waals surface area contributed by atoms with Crippen LogP contribution in [0.4, 0.5) is 9.18 Å². The summed E-state index contributed by atoms with van der Waals surface area (Å²) < 4.78 is 33.9. The first-order chi connectivity index (χ1) is 18.1. The van der Waals surface area contributed by atoms with Crippen molar-refractivity contribution in [1.29, 1.82) is 0 Å². The Balaban J connectivity index is 0.00000420. The van der Waals surface area contributed by atoms with Crippen molar-refractivity contribution in [2.75, 3.05) is 6.61 Å². The van der Waals surface area contributed by atoms with Gasteiger partial charge in [0.05, 0.1) is 5.39 Å². The maximum atomic E-state index is 15.1. The zero-order valence-corrected chi connectivity index (χ0v) is 25.6. The average molecular weight is 568 g/mol. The molecule has 9 nitrogen and oxygen atoms in total. The molecular weight excluding hydrogens is 528 g/mol. The van der Waals surface area contributed by atoms with Gasteiger partial charge in [-0.15, -0.1) is 0 Å². The summed E-state index contributed by atoms with van der Waals surface area (Å²) in [6.45, 7) is 14.9. The number of nitrogens with zero attached hydrogens (tertiary/aromatic N) is 2. The number of carbonyl (C=O) groups excluding carboxylic acids is 1. The van der Waals surface area contributed by atoms with Gasteiger partial charge in [-0.05, 0) is 63.1 Å². The molecule has 0 saturated heterocycles. The van der Waals surface area contributed by atoms with E-state index in [2.05, 4.69) is 29.9 Å². The third-order valence-corrected chi connectivity index (χ3v) is 7.48. The molecule has 0 aliphatic heterocycles. The number of aliphatic carboxylic acids is 1. The fraction of sp³-hybridized carbons (Fsp3) is 0.464. The van der Waals surface area contributed by atoms with Gasteiger partial charge in [0, 0.05) is 33.5 Å². The zero-order chi connectivity index (χ0) is 29.0. The van der Waals surface area contributed by atoms with E-state index in [4.69, 9.17) is 14.2 Å². The molecule has 1 amide bonds. The topological polar surface area (TPSA) is 112 Å². The zero-order valence-electron chi connectivity index (χ0n) is 25.6. The third kappa shape index (κ3) is 9.66. The predicted molar refractivity (Wildman–Crippen MR) is 151 cm³/mol. The first kappa shape index (κ1) is 33.4. The Morgan fingerprint density at radius 1 is 1.20 bits per heavy atom. The Labute approximate surface area is 249 Å². The van der Waals surface area contributed by atoms with Crippen LogP contribution in [0.1, 0.15) is 33.3 Å². The van der Waals surface area contributed by atoms with E-state index >= 15 is 4.39 Å². The summed E-state index contributed by atoms with van der Waals surface area (Å²) in [5.74, 6) is -1.49. The molecule has 0 aliphatic rings. The summed E-state index contributed by atoms with van der Waals surface area (Å²) in [6.07, 6.45) is 2.54. The number of pyridine rings is 1. The number of amides is 1. The van der Waals surface area contributed by atoms with E-state index in [0.717, 1.165) is 17.0 Å². The van der Waals surface area contributed by atoms with Crippen molar-refractivity contribution < 1.29 is 53.6 Å². The van der Waals surface area contributed by atoms with Crippen LogP contribution in [0.15, 0.2) is 36.7 Å². The molecule has 0 radical (unpaired) electrons. The Morgan fingerprint density at radius 2 is 1.90 bits per heavy atom. The molecule has 214 valence electrons. The summed E-state index contributed by atoms with van der Waals surface area (Å²) in [5.41, 5.74) is 1.18. The molecule has 1 aromatic carbocycles. The molecule has 0 saturated carbocycles. The largest absolute Gasteiger partial charge is 1.00 e. The number of aryl methyl sites for hydroxylation is 1. The van der Waals surface area contributed by atoms with Crippen LogP contribution in [0, 0.1) is 12.7 Å². The monoisotopic (exact) mass is 567 g/mol. The van der Waals surface area contributed by atoms with E-state index in [0.29, 0.717) is 30.3 Å². The third-order valence-electron chi connectivity index (χ3n) is 5.78. The van der Waals surface area contributed by atoms with Gasteiger partial charge in [-0.1, -0.05) is 25.7 Å². The van der Waals surface area contributed by atoms with Crippen LogP contribution in [0.25, 0.3) is 11.0 Å². The molecule has 3 aromatic rings. The van der Waals surface area contributed by atoms with Crippen LogP contribution in [0.5, 0.6) is 11.5 Å². The van der Waals surface area contributed by atoms with E-state index < -0.39 is 37.6 Å². The number of carboxylic acids is 1. The number of hydrogen-bond donors (Lipinski definition) is 2. The number of benzene rings is 1. The van der Waals surface area contributed by atoms with Crippen molar-refractivity contribution in [1.82, 2.24) is 14.9 Å². The van der Waals surface area contributed by atoms with Gasteiger partial charge >= 0.3 is 30.9 Å². The Kier molecular flexibility index (Phi) is 11.4. The van der Waals surface area contributed by atoms with Gasteiger partial charge in [0.1, 0.15) is 29.8 Å². The maximum absolute atomic E-state index is 15.1. The number of hydrogen-bond acceptors (Lipinski definition) is 6. The normalized spacial score (nSPS) is 12.5. The molecule has 0 bridgehead atoms. The number of aromatic nitrogens is 2. The molecule has 40 heavy (non-hydrogen) atoms. The minimum Gasteiger partial charge on any atom is -1.00 e. The van der Waals surface area contributed by atoms with Crippen LogP contribution in [0.2, 0.25) is 25.7 Å². The Bertz CT molecular complexity index is 1340. The number of halogens is 1. The van der Waals surface area contributed by atoms with Gasteiger partial charge in [0.15, 0.2) is 11.6 Å². The van der Waals surface area contributed by atoms with E-state index in [1.54, 1.807) is 39.1 Å². The van der Waals surface area contributed by atoms with Crippen LogP contribution < -0.4 is 28.9 Å². The molecular formula is C28H39FLiN3O6Si. The van der Waals surface area contributed by atoms with Gasteiger partial charge in [0.25, 0.3) is 0 Å². The summed E-state index contributed by atoms with van der Waals surface area (Å²) in [7, 11) is -1.20. The Morgan fingerprint density at radius 3 is 2.50 bits per heavy atom. The second-order valence-electron chi connectivity index (χ2n) is 11.7. The van der Waals surface area contributed by atoms with Crippen LogP contribution in [-0.2, 0) is 27.4 Å². The van der Waals surface area contributed by atoms with E-state index in [-0.39, 0.29) is 32.5 Å². The van der Waals surface area contributed by atoms with Gasteiger partial charge in [-0.25, -0.2) is 19.0 Å². The van der Waals surface area contributed by atoms with E-state index in [9.17, 15) is 14.7 Å². The number of carboxylic acid groups (broad SMARTS) is 1. The van der Waals surface area contributed by atoms with Crippen LogP contribution in [-0.4, -0.2) is 53.0 Å². The van der Waals surface area contributed by atoms with Gasteiger partial charge < -0.3 is 30.6 Å². The minimum absolute atomic E-state index is 0. The van der Waals surface area contributed by atoms with Crippen molar-refractivity contribution >= 4 is 31.2 Å². The van der Waals surface area contributed by atoms with Gasteiger partial charge in [-0.2, -0.15) is 0 Å². The van der Waals surface area contributed by atoms with Crippen molar-refractivity contribution in [3.63, 3.8) is 0 Å². The molecule has 12 heteroatoms. The number of carbonyl (C=O) groups is 2. The van der Waals surface area contributed by atoms with Crippen molar-refractivity contribution in [3.05, 3.63) is 53.6 Å². The van der Waals surface area contributed by atoms with Gasteiger partial charge in [0.2, 0.25) is 0 Å². The summed E-state index contributed by atoms with van der Waals surface area (Å²) in [4.78, 5) is 28.2. The second-order valence-corrected chi connectivity index (χ2v) is 17.4. The molecule has 0 unspecified atom stereocenters. The molecule has 0 spiro atoms. The van der Waals surface area contributed by atoms with Crippen molar-refractivity contribution in [2.24, 2.45) is 0 Å². The quantitative estimate of drug-likeness (QED) is 0.270. The molecule has 2 N–H and O–H groups in total. The van der Waals surface area contributed by atoms with Crippen LogP contribution in [0.3, 0.4) is 0 Å². The van der Waals surface area contributed by atoms with Crippen LogP contribution >= 0.6 is 0 Å². The Hall–Kier alpha value is -2.85. The first-order valence-electron chi connectivity index (χ1n) is 12.8. The molecule has 2 aromatic heterocycles. The first-order valence-corrected chi connectivity index (χ1v) is 16.5. The number of alkyl carbamates (subject to hydrolysis) is 1. The molecule has 0 fully saturated rings. The summed E-state index contributed by atoms with van der Waals surface area (Å²) >= 11 is 0. The molecule has 3 rings (SSSR count). The smallest absolute Gasteiger partial charge is 1.00 e. The average Bonchev–Trinajstić information content (AvgIpc) is 3.12. The number of rotatable bonds is 11. The molecule has 0 aliphatic carbocycles. The SMILES string of the molecule is Cc1cn(COCC[Si](C)(C)C)c2nccc(Oc3ccc(C[C@H](NC(=O)OC(C)(C)C)C(=O)O)cc3F)c12.[H-].[Li+].